The van der Waals surface area contributed by atoms with Crippen molar-refractivity contribution >= 4 is 34.8 Å². The molecule has 9 nitrogen and oxygen atoms in total. The number of piperidine rings is 1. The Bertz CT molecular complexity index is 1020. The topological polar surface area (TPSA) is 139 Å². The van der Waals surface area contributed by atoms with Gasteiger partial charge in [-0.05, 0) is 37.8 Å². The highest BCUT2D eigenvalue weighted by Crippen LogP contribution is 2.28. The van der Waals surface area contributed by atoms with E-state index in [1.807, 2.05) is 0 Å². The summed E-state index contributed by atoms with van der Waals surface area (Å²) in [5.41, 5.74) is 12.7. The molecular weight excluding hydrogens is 413 g/mol. The molecule has 1 saturated carbocycles. The number of nitrogens with two attached hydrogens (primary N) is 2. The molecule has 1 saturated heterocycles. The Balaban J connectivity index is 1.61. The van der Waals surface area contributed by atoms with E-state index in [1.54, 1.807) is 17.2 Å². The summed E-state index contributed by atoms with van der Waals surface area (Å²) < 4.78 is 14.7. The first-order valence-corrected chi connectivity index (χ1v) is 11.0. The van der Waals surface area contributed by atoms with Crippen LogP contribution in [0.25, 0.3) is 0 Å². The zero-order valence-electron chi connectivity index (χ0n) is 17.8. The summed E-state index contributed by atoms with van der Waals surface area (Å²) in [6, 6.07) is 2.61. The number of amides is 2. The van der Waals surface area contributed by atoms with E-state index in [0.717, 1.165) is 44.6 Å². The average Bonchev–Trinajstić information content (AvgIpc) is 2.77. The molecule has 1 unspecified atom stereocenters. The van der Waals surface area contributed by atoms with Gasteiger partial charge in [0, 0.05) is 25.0 Å². The van der Waals surface area contributed by atoms with E-state index < -0.39 is 11.7 Å². The summed E-state index contributed by atoms with van der Waals surface area (Å²) >= 11 is 0. The molecule has 2 aliphatic rings. The van der Waals surface area contributed by atoms with Gasteiger partial charge < -0.3 is 27.0 Å². The minimum atomic E-state index is -0.810. The van der Waals surface area contributed by atoms with Crippen LogP contribution in [-0.4, -0.2) is 40.4 Å². The second kappa shape index (κ2) is 9.47. The van der Waals surface area contributed by atoms with Gasteiger partial charge in [0.1, 0.15) is 5.82 Å². The molecule has 2 atom stereocenters. The third-order valence-electron chi connectivity index (χ3n) is 6.00. The SMILES string of the molecule is NC(=O)c1cc(F)c(N[C@@H]2CCCCC2N)nc1Nc1cncc(N2CCCCC2=O)c1. The first-order valence-electron chi connectivity index (χ1n) is 11.0. The van der Waals surface area contributed by atoms with Crippen molar-refractivity contribution in [2.24, 2.45) is 11.5 Å². The maximum Gasteiger partial charge on any atom is 0.252 e. The second-order valence-electron chi connectivity index (χ2n) is 8.34. The minimum Gasteiger partial charge on any atom is -0.365 e. The van der Waals surface area contributed by atoms with Crippen LogP contribution < -0.4 is 27.0 Å². The normalized spacial score (nSPS) is 21.3. The predicted molar refractivity (Wildman–Crippen MR) is 120 cm³/mol. The molecule has 0 bridgehead atoms. The van der Waals surface area contributed by atoms with Crippen LogP contribution in [0.5, 0.6) is 0 Å². The molecule has 2 aromatic rings. The van der Waals surface area contributed by atoms with Crippen LogP contribution >= 0.6 is 0 Å². The Labute approximate surface area is 185 Å². The fraction of sp³-hybridized carbons (Fsp3) is 0.455. The van der Waals surface area contributed by atoms with Gasteiger partial charge >= 0.3 is 0 Å². The summed E-state index contributed by atoms with van der Waals surface area (Å²) in [6.07, 6.45) is 9.18. The van der Waals surface area contributed by atoms with E-state index in [2.05, 4.69) is 20.6 Å². The lowest BCUT2D eigenvalue weighted by Crippen LogP contribution is -2.43. The van der Waals surface area contributed by atoms with Crippen LogP contribution in [0.4, 0.5) is 27.4 Å². The molecule has 10 heteroatoms. The van der Waals surface area contributed by atoms with Gasteiger partial charge in [-0.25, -0.2) is 9.37 Å². The number of hydrogen-bond acceptors (Lipinski definition) is 7. The van der Waals surface area contributed by atoms with Gasteiger partial charge in [0.2, 0.25) is 5.91 Å². The monoisotopic (exact) mass is 441 g/mol. The molecule has 3 heterocycles. The van der Waals surface area contributed by atoms with E-state index in [0.29, 0.717) is 24.3 Å². The molecule has 6 N–H and O–H groups in total. The van der Waals surface area contributed by atoms with Crippen LogP contribution in [0.15, 0.2) is 24.5 Å². The van der Waals surface area contributed by atoms with Crippen LogP contribution in [0.2, 0.25) is 0 Å². The third kappa shape index (κ3) is 4.80. The highest BCUT2D eigenvalue weighted by molar-refractivity contribution is 5.99. The van der Waals surface area contributed by atoms with Gasteiger partial charge in [-0.3, -0.25) is 14.6 Å². The van der Waals surface area contributed by atoms with E-state index in [9.17, 15) is 14.0 Å². The van der Waals surface area contributed by atoms with Gasteiger partial charge in [-0.1, -0.05) is 12.8 Å². The largest absolute Gasteiger partial charge is 0.365 e. The highest BCUT2D eigenvalue weighted by atomic mass is 19.1. The van der Waals surface area contributed by atoms with Crippen molar-refractivity contribution in [2.45, 2.75) is 57.0 Å². The molecule has 32 heavy (non-hydrogen) atoms. The lowest BCUT2D eigenvalue weighted by Gasteiger charge is -2.30. The number of nitrogens with one attached hydrogen (secondary N) is 2. The Hall–Kier alpha value is -3.27. The molecule has 1 aliphatic heterocycles. The van der Waals surface area contributed by atoms with Crippen molar-refractivity contribution < 1.29 is 14.0 Å². The number of pyridine rings is 2. The first-order chi connectivity index (χ1) is 15.4. The number of rotatable bonds is 6. The fourth-order valence-corrected chi connectivity index (χ4v) is 4.25. The van der Waals surface area contributed by atoms with Crippen LogP contribution in [0.1, 0.15) is 55.3 Å². The standard InChI is InChI=1S/C22H28FN7O2/c23-16-10-15(20(25)32)21(29-22(16)28-18-6-2-1-5-17(18)24)27-13-9-14(12-26-11-13)30-8-4-3-7-19(30)31/h9-12,17-18H,1-8,24H2,(H2,25,32)(H2,27,28,29)/t17?,18-/m1/s1. The third-order valence-corrected chi connectivity index (χ3v) is 6.00. The molecule has 2 amide bonds. The van der Waals surface area contributed by atoms with Crippen molar-refractivity contribution in [1.82, 2.24) is 9.97 Å². The van der Waals surface area contributed by atoms with Crippen molar-refractivity contribution in [3.05, 3.63) is 35.9 Å². The molecule has 0 aromatic carbocycles. The van der Waals surface area contributed by atoms with Gasteiger partial charge in [-0.15, -0.1) is 0 Å². The van der Waals surface area contributed by atoms with Crippen molar-refractivity contribution in [1.29, 1.82) is 0 Å². The molecule has 2 fully saturated rings. The maximum absolute atomic E-state index is 14.7. The van der Waals surface area contributed by atoms with Crippen LogP contribution in [0, 0.1) is 5.82 Å². The number of carbonyl (C=O) groups excluding carboxylic acids is 2. The molecule has 2 aromatic heterocycles. The van der Waals surface area contributed by atoms with Crippen molar-refractivity contribution in [2.75, 3.05) is 22.1 Å². The zero-order chi connectivity index (χ0) is 22.7. The molecule has 0 spiro atoms. The quantitative estimate of drug-likeness (QED) is 0.540. The smallest absolute Gasteiger partial charge is 0.252 e. The maximum atomic E-state index is 14.7. The summed E-state index contributed by atoms with van der Waals surface area (Å²) in [6.45, 7) is 0.626. The van der Waals surface area contributed by atoms with Gasteiger partial charge in [-0.2, -0.15) is 0 Å². The summed E-state index contributed by atoms with van der Waals surface area (Å²) in [5, 5.41) is 6.10. The Kier molecular flexibility index (Phi) is 6.50. The van der Waals surface area contributed by atoms with E-state index >= 15 is 0 Å². The fourth-order valence-electron chi connectivity index (χ4n) is 4.25. The molecule has 0 radical (unpaired) electrons. The van der Waals surface area contributed by atoms with E-state index in [1.165, 1.54) is 6.20 Å². The highest BCUT2D eigenvalue weighted by Gasteiger charge is 2.25. The summed E-state index contributed by atoms with van der Waals surface area (Å²) in [5.74, 6) is -1.32. The van der Waals surface area contributed by atoms with Crippen molar-refractivity contribution in [3.63, 3.8) is 0 Å². The molecular formula is C22H28FN7O2. The Morgan fingerprint density at radius 3 is 2.69 bits per heavy atom. The lowest BCUT2D eigenvalue weighted by molar-refractivity contribution is -0.119. The van der Waals surface area contributed by atoms with E-state index in [4.69, 9.17) is 11.5 Å². The number of nitrogens with zero attached hydrogens (tertiary/aromatic N) is 3. The van der Waals surface area contributed by atoms with Crippen LogP contribution in [-0.2, 0) is 4.79 Å². The van der Waals surface area contributed by atoms with Gasteiger partial charge in [0.05, 0.1) is 29.3 Å². The number of hydrogen-bond donors (Lipinski definition) is 4. The first kappa shape index (κ1) is 21.9. The molecule has 4 rings (SSSR count). The summed E-state index contributed by atoms with van der Waals surface area (Å²) in [4.78, 5) is 34.4. The average molecular weight is 442 g/mol. The minimum absolute atomic E-state index is 0.00942. The van der Waals surface area contributed by atoms with Gasteiger partial charge in [0.25, 0.3) is 5.91 Å². The molecule has 1 aliphatic carbocycles. The van der Waals surface area contributed by atoms with Gasteiger partial charge in [0.15, 0.2) is 11.6 Å². The number of anilines is 4. The molecule has 170 valence electrons. The Morgan fingerprint density at radius 1 is 1.12 bits per heavy atom. The Morgan fingerprint density at radius 2 is 1.94 bits per heavy atom. The number of primary amides is 1. The number of halogens is 1. The predicted octanol–water partition coefficient (Wildman–Crippen LogP) is 2.66. The number of carbonyl (C=O) groups is 2. The van der Waals surface area contributed by atoms with Crippen molar-refractivity contribution in [3.8, 4) is 0 Å². The zero-order valence-corrected chi connectivity index (χ0v) is 17.8. The summed E-state index contributed by atoms with van der Waals surface area (Å²) in [7, 11) is 0. The van der Waals surface area contributed by atoms with Crippen LogP contribution in [0.3, 0.4) is 0 Å². The second-order valence-corrected chi connectivity index (χ2v) is 8.34. The lowest BCUT2D eigenvalue weighted by atomic mass is 9.91. The number of aromatic nitrogens is 2. The van der Waals surface area contributed by atoms with E-state index in [-0.39, 0.29) is 35.2 Å².